The lowest BCUT2D eigenvalue weighted by Crippen LogP contribution is -2.43. The Kier molecular flexibility index (Phi) is 6.11. The molecule has 0 aliphatic carbocycles. The Morgan fingerprint density at radius 3 is 2.40 bits per heavy atom. The van der Waals surface area contributed by atoms with Gasteiger partial charge < -0.3 is 4.74 Å². The van der Waals surface area contributed by atoms with Crippen molar-refractivity contribution in [2.45, 2.75) is 17.4 Å². The molecule has 0 saturated carbocycles. The third kappa shape index (κ3) is 4.77. The lowest BCUT2D eigenvalue weighted by molar-refractivity contribution is -0.130. The van der Waals surface area contributed by atoms with Crippen molar-refractivity contribution in [2.24, 2.45) is 0 Å². The first-order valence-electron chi connectivity index (χ1n) is 8.36. The van der Waals surface area contributed by atoms with Crippen LogP contribution < -0.4 is 10.1 Å². The van der Waals surface area contributed by atoms with E-state index in [1.165, 1.54) is 37.4 Å². The molecule has 0 aliphatic heterocycles. The zero-order valence-electron chi connectivity index (χ0n) is 15.6. The van der Waals surface area contributed by atoms with E-state index in [9.17, 15) is 22.0 Å². The largest absolute Gasteiger partial charge is 0.470 e. The fourth-order valence-electron chi connectivity index (χ4n) is 2.56. The molecule has 0 spiro atoms. The molecule has 0 fully saturated rings. The highest BCUT2D eigenvalue weighted by Crippen LogP contribution is 2.33. The molecule has 11 heteroatoms. The molecular formula is C19H15ClF2N2O4S2. The van der Waals surface area contributed by atoms with Crippen LogP contribution in [0.25, 0.3) is 0 Å². The second-order valence-electron chi connectivity index (χ2n) is 6.43. The number of benzene rings is 2. The number of sulfone groups is 1. The number of halogens is 3. The number of amides is 1. The lowest BCUT2D eigenvalue weighted by atomic mass is 9.94. The number of anilines is 1. The normalized spacial score (nSPS) is 13.5. The van der Waals surface area contributed by atoms with E-state index in [2.05, 4.69) is 10.3 Å². The summed E-state index contributed by atoms with van der Waals surface area (Å²) in [6.07, 6.45) is 2.39. The van der Waals surface area contributed by atoms with Gasteiger partial charge in [0.05, 0.1) is 11.1 Å². The van der Waals surface area contributed by atoms with E-state index >= 15 is 0 Å². The molecule has 1 N–H and O–H groups in total. The Hall–Kier alpha value is -2.56. The molecule has 0 bridgehead atoms. The van der Waals surface area contributed by atoms with Crippen molar-refractivity contribution < 1.29 is 26.7 Å². The smallest absolute Gasteiger partial charge is 0.274 e. The number of thiazole rings is 1. The Bertz CT molecular complexity index is 1200. The number of hydrogen-bond donors (Lipinski definition) is 1. The van der Waals surface area contributed by atoms with Gasteiger partial charge in [-0.3, -0.25) is 10.1 Å². The van der Waals surface area contributed by atoms with E-state index in [0.29, 0.717) is 10.4 Å². The van der Waals surface area contributed by atoms with Crippen LogP contribution in [0, 0.1) is 11.6 Å². The van der Waals surface area contributed by atoms with Gasteiger partial charge in [0.25, 0.3) is 5.91 Å². The van der Waals surface area contributed by atoms with E-state index < -0.39 is 33.0 Å². The fourth-order valence-corrected chi connectivity index (χ4v) is 4.00. The van der Waals surface area contributed by atoms with Crippen molar-refractivity contribution in [3.63, 3.8) is 0 Å². The Morgan fingerprint density at radius 2 is 1.87 bits per heavy atom. The lowest BCUT2D eigenvalue weighted by Gasteiger charge is -2.30. The first kappa shape index (κ1) is 22.1. The van der Waals surface area contributed by atoms with Crippen molar-refractivity contribution >= 4 is 43.8 Å². The highest BCUT2D eigenvalue weighted by molar-refractivity contribution is 7.90. The standard InChI is InChI=1S/C19H15ClF2N2O4S2/c1-19(17(25)24-18-23-10-16(20)29-18,28-15-8-5-12(21)9-14(15)22)11-3-6-13(7-4-11)30(2,26)27/h3-10H,1-2H3,(H,23,24,25). The van der Waals surface area contributed by atoms with Gasteiger partial charge in [-0.05, 0) is 31.2 Å². The maximum absolute atomic E-state index is 14.2. The van der Waals surface area contributed by atoms with Crippen molar-refractivity contribution in [3.8, 4) is 5.75 Å². The maximum atomic E-state index is 14.2. The minimum absolute atomic E-state index is 0.0358. The highest BCUT2D eigenvalue weighted by atomic mass is 35.5. The quantitative estimate of drug-likeness (QED) is 0.574. The summed E-state index contributed by atoms with van der Waals surface area (Å²) in [6, 6.07) is 8.05. The summed E-state index contributed by atoms with van der Waals surface area (Å²) in [4.78, 5) is 17.1. The van der Waals surface area contributed by atoms with E-state index in [1.54, 1.807) is 0 Å². The third-order valence-corrected chi connectivity index (χ3v) is 6.33. The van der Waals surface area contributed by atoms with Crippen LogP contribution in [0.1, 0.15) is 12.5 Å². The van der Waals surface area contributed by atoms with E-state index in [4.69, 9.17) is 16.3 Å². The van der Waals surface area contributed by atoms with Crippen LogP contribution in [0.2, 0.25) is 4.34 Å². The van der Waals surface area contributed by atoms with E-state index in [-0.39, 0.29) is 21.3 Å². The Balaban J connectivity index is 2.03. The summed E-state index contributed by atoms with van der Waals surface area (Å²) in [5.74, 6) is -2.89. The van der Waals surface area contributed by atoms with Gasteiger partial charge >= 0.3 is 0 Å². The minimum Gasteiger partial charge on any atom is -0.470 e. The Morgan fingerprint density at radius 1 is 1.20 bits per heavy atom. The molecule has 2 aromatic carbocycles. The molecule has 30 heavy (non-hydrogen) atoms. The Labute approximate surface area is 180 Å². The van der Waals surface area contributed by atoms with E-state index in [1.807, 2.05) is 0 Å². The zero-order valence-corrected chi connectivity index (χ0v) is 18.0. The van der Waals surface area contributed by atoms with Crippen molar-refractivity contribution in [1.29, 1.82) is 0 Å². The van der Waals surface area contributed by atoms with Gasteiger partial charge in [0.1, 0.15) is 10.2 Å². The molecule has 0 radical (unpaired) electrons. The maximum Gasteiger partial charge on any atom is 0.274 e. The number of aromatic nitrogens is 1. The second kappa shape index (κ2) is 8.29. The summed E-state index contributed by atoms with van der Waals surface area (Å²) < 4.78 is 56.9. The van der Waals surface area contributed by atoms with Crippen LogP contribution in [-0.4, -0.2) is 25.6 Å². The summed E-state index contributed by atoms with van der Waals surface area (Å²) in [5.41, 5.74) is -1.58. The molecule has 3 aromatic rings. The first-order chi connectivity index (χ1) is 14.0. The van der Waals surface area contributed by atoms with Gasteiger partial charge in [-0.15, -0.1) is 0 Å². The van der Waals surface area contributed by atoms with Gasteiger partial charge in [0, 0.05) is 17.9 Å². The van der Waals surface area contributed by atoms with Crippen LogP contribution in [0.3, 0.4) is 0 Å². The van der Waals surface area contributed by atoms with Crippen LogP contribution in [0.15, 0.2) is 53.6 Å². The van der Waals surface area contributed by atoms with Crippen molar-refractivity contribution in [3.05, 3.63) is 70.2 Å². The average molecular weight is 473 g/mol. The van der Waals surface area contributed by atoms with Crippen molar-refractivity contribution in [1.82, 2.24) is 4.98 Å². The molecule has 0 aliphatic rings. The number of carbonyl (C=O) groups excluding carboxylic acids is 1. The second-order valence-corrected chi connectivity index (χ2v) is 10.1. The highest BCUT2D eigenvalue weighted by Gasteiger charge is 2.39. The van der Waals surface area contributed by atoms with Gasteiger partial charge in [-0.1, -0.05) is 35.1 Å². The van der Waals surface area contributed by atoms with Crippen LogP contribution in [0.5, 0.6) is 5.75 Å². The molecule has 6 nitrogen and oxygen atoms in total. The number of carbonyl (C=O) groups is 1. The number of rotatable bonds is 6. The zero-order chi connectivity index (χ0) is 22.1. The topological polar surface area (TPSA) is 85.4 Å². The molecular weight excluding hydrogens is 458 g/mol. The van der Waals surface area contributed by atoms with Gasteiger partial charge in [0.2, 0.25) is 5.60 Å². The molecule has 1 unspecified atom stereocenters. The SMILES string of the molecule is CC(Oc1ccc(F)cc1F)(C(=O)Nc1ncc(Cl)s1)c1ccc(S(C)(=O)=O)cc1. The van der Waals surface area contributed by atoms with Gasteiger partial charge in [0.15, 0.2) is 26.5 Å². The van der Waals surface area contributed by atoms with Crippen LogP contribution >= 0.6 is 22.9 Å². The average Bonchev–Trinajstić information content (AvgIpc) is 3.08. The summed E-state index contributed by atoms with van der Waals surface area (Å²) in [6.45, 7) is 1.37. The van der Waals surface area contributed by atoms with Crippen LogP contribution in [-0.2, 0) is 20.2 Å². The van der Waals surface area contributed by atoms with Gasteiger partial charge in [-0.25, -0.2) is 22.2 Å². The molecule has 3 rings (SSSR count). The molecule has 158 valence electrons. The van der Waals surface area contributed by atoms with E-state index in [0.717, 1.165) is 29.7 Å². The van der Waals surface area contributed by atoms with Crippen molar-refractivity contribution in [2.75, 3.05) is 11.6 Å². The fraction of sp³-hybridized carbons (Fsp3) is 0.158. The third-order valence-electron chi connectivity index (χ3n) is 4.17. The number of nitrogens with one attached hydrogen (secondary N) is 1. The molecule has 1 amide bonds. The summed E-state index contributed by atoms with van der Waals surface area (Å²) in [5, 5.41) is 2.73. The monoisotopic (exact) mass is 472 g/mol. The number of nitrogens with zero attached hydrogens (tertiary/aromatic N) is 1. The molecule has 1 aromatic heterocycles. The molecule has 0 saturated heterocycles. The predicted molar refractivity (Wildman–Crippen MR) is 110 cm³/mol. The van der Waals surface area contributed by atoms with Crippen LogP contribution in [0.4, 0.5) is 13.9 Å². The predicted octanol–water partition coefficient (Wildman–Crippen LogP) is 4.41. The number of hydrogen-bond acceptors (Lipinski definition) is 6. The minimum atomic E-state index is -3.47. The first-order valence-corrected chi connectivity index (χ1v) is 11.4. The summed E-state index contributed by atoms with van der Waals surface area (Å²) >= 11 is 6.84. The van der Waals surface area contributed by atoms with Gasteiger partial charge in [-0.2, -0.15) is 0 Å². The summed E-state index contributed by atoms with van der Waals surface area (Å²) in [7, 11) is -3.47. The number of ether oxygens (including phenoxy) is 1. The molecule has 1 atom stereocenters. The molecule has 1 heterocycles.